The second-order valence-electron chi connectivity index (χ2n) is 8.30. The van der Waals surface area contributed by atoms with Gasteiger partial charge in [-0.05, 0) is 30.3 Å². The van der Waals surface area contributed by atoms with Crippen LogP contribution in [-0.2, 0) is 24.4 Å². The number of carbonyl (C=O) groups excluding carboxylic acids is 1. The first kappa shape index (κ1) is 21.9. The van der Waals surface area contributed by atoms with E-state index in [1.165, 1.54) is 12.1 Å². The molecule has 166 valence electrons. The number of rotatable bonds is 8. The monoisotopic (exact) mass is 433 g/mol. The number of halogens is 1. The summed E-state index contributed by atoms with van der Waals surface area (Å²) in [6.45, 7) is 2.48. The van der Waals surface area contributed by atoms with Crippen LogP contribution < -0.4 is 5.32 Å². The quantitative estimate of drug-likeness (QED) is 0.586. The fourth-order valence-electron chi connectivity index (χ4n) is 4.05. The van der Waals surface area contributed by atoms with Gasteiger partial charge in [-0.15, -0.1) is 0 Å². The van der Waals surface area contributed by atoms with Crippen molar-refractivity contribution in [1.29, 1.82) is 0 Å². The second kappa shape index (κ2) is 9.87. The summed E-state index contributed by atoms with van der Waals surface area (Å²) in [4.78, 5) is 26.0. The molecule has 0 saturated carbocycles. The van der Waals surface area contributed by atoms with Gasteiger partial charge in [0.05, 0.1) is 12.2 Å². The topological polar surface area (TPSA) is 61.4 Å². The molecule has 0 unspecified atom stereocenters. The van der Waals surface area contributed by atoms with E-state index in [1.54, 1.807) is 12.1 Å². The van der Waals surface area contributed by atoms with Crippen molar-refractivity contribution in [2.75, 3.05) is 26.0 Å². The molecule has 0 radical (unpaired) electrons. The molecule has 6 nitrogen and oxygen atoms in total. The molecule has 1 amide bonds. The van der Waals surface area contributed by atoms with Crippen LogP contribution >= 0.6 is 0 Å². The Labute approximate surface area is 188 Å². The highest BCUT2D eigenvalue weighted by Crippen LogP contribution is 2.29. The molecule has 2 aromatic carbocycles. The zero-order valence-electron chi connectivity index (χ0n) is 18.5. The van der Waals surface area contributed by atoms with E-state index in [2.05, 4.69) is 15.2 Å². The maximum absolute atomic E-state index is 13.2. The first-order valence-electron chi connectivity index (χ1n) is 10.8. The molecule has 1 saturated heterocycles. The highest BCUT2D eigenvalue weighted by molar-refractivity contribution is 5.79. The predicted octanol–water partition coefficient (Wildman–Crippen LogP) is 3.81. The van der Waals surface area contributed by atoms with E-state index < -0.39 is 0 Å². The van der Waals surface area contributed by atoms with Gasteiger partial charge in [0.2, 0.25) is 5.91 Å². The average Bonchev–Trinajstić information content (AvgIpc) is 3.16. The number of hydrogen-bond donors (Lipinski definition) is 1. The van der Waals surface area contributed by atoms with Gasteiger partial charge in [-0.25, -0.2) is 14.4 Å². The van der Waals surface area contributed by atoms with Crippen LogP contribution in [0.15, 0.2) is 60.7 Å². The van der Waals surface area contributed by atoms with E-state index in [9.17, 15) is 9.18 Å². The summed E-state index contributed by atoms with van der Waals surface area (Å²) < 4.78 is 13.2. The number of nitrogens with zero attached hydrogens (tertiary/aromatic N) is 4. The molecule has 0 spiro atoms. The zero-order chi connectivity index (χ0) is 22.5. The molecular formula is C25H28FN5O. The van der Waals surface area contributed by atoms with Gasteiger partial charge in [-0.1, -0.05) is 42.5 Å². The van der Waals surface area contributed by atoms with Gasteiger partial charge in [-0.3, -0.25) is 9.69 Å². The molecule has 1 fully saturated rings. The number of likely N-dealkylation sites (tertiary alicyclic amines) is 1. The van der Waals surface area contributed by atoms with Crippen LogP contribution in [0.25, 0.3) is 0 Å². The normalized spacial score (nSPS) is 16.1. The molecule has 1 aliphatic heterocycles. The summed E-state index contributed by atoms with van der Waals surface area (Å²) in [5, 5.41) is 3.11. The minimum absolute atomic E-state index is 0.0440. The molecule has 32 heavy (non-hydrogen) atoms. The van der Waals surface area contributed by atoms with E-state index >= 15 is 0 Å². The third-order valence-electron chi connectivity index (χ3n) is 5.67. The van der Waals surface area contributed by atoms with Crippen molar-refractivity contribution in [3.05, 3.63) is 89.1 Å². The van der Waals surface area contributed by atoms with Crippen molar-refractivity contribution in [1.82, 2.24) is 19.8 Å². The van der Waals surface area contributed by atoms with Crippen molar-refractivity contribution in [2.24, 2.45) is 0 Å². The molecule has 1 aliphatic rings. The molecule has 2 heterocycles. The van der Waals surface area contributed by atoms with E-state index in [0.29, 0.717) is 38.4 Å². The molecular weight excluding hydrogens is 405 g/mol. The van der Waals surface area contributed by atoms with E-state index in [-0.39, 0.29) is 17.6 Å². The molecule has 0 aliphatic carbocycles. The number of benzene rings is 2. The zero-order valence-corrected chi connectivity index (χ0v) is 18.5. The smallest absolute Gasteiger partial charge is 0.223 e. The first-order valence-corrected chi connectivity index (χ1v) is 10.8. The standard InChI is InChI=1S/C25H28FN5O/c1-27-23-13-22(20-12-25(32)31(16-20)15-18-6-4-3-5-7-18)28-24(29-23)17-30(2)14-19-8-10-21(26)11-9-19/h3-11,13,20H,12,14-17H2,1-2H3,(H,27,28,29)/t20-/m0/s1. The van der Waals surface area contributed by atoms with Gasteiger partial charge in [0.1, 0.15) is 17.5 Å². The van der Waals surface area contributed by atoms with Gasteiger partial charge in [0.25, 0.3) is 0 Å². The third kappa shape index (κ3) is 5.48. The van der Waals surface area contributed by atoms with Gasteiger partial charge >= 0.3 is 0 Å². The minimum Gasteiger partial charge on any atom is -0.373 e. The highest BCUT2D eigenvalue weighted by Gasteiger charge is 2.32. The Balaban J connectivity index is 1.45. The third-order valence-corrected chi connectivity index (χ3v) is 5.67. The maximum Gasteiger partial charge on any atom is 0.223 e. The molecule has 1 N–H and O–H groups in total. The van der Waals surface area contributed by atoms with Crippen molar-refractivity contribution >= 4 is 11.7 Å². The molecule has 7 heteroatoms. The Morgan fingerprint density at radius 2 is 1.81 bits per heavy atom. The summed E-state index contributed by atoms with van der Waals surface area (Å²) in [6.07, 6.45) is 0.456. The maximum atomic E-state index is 13.2. The Bertz CT molecular complexity index is 1060. The molecule has 1 aromatic heterocycles. The summed E-state index contributed by atoms with van der Waals surface area (Å²) >= 11 is 0. The number of hydrogen-bond acceptors (Lipinski definition) is 5. The first-order chi connectivity index (χ1) is 15.5. The Morgan fingerprint density at radius 1 is 1.06 bits per heavy atom. The van der Waals surface area contributed by atoms with Crippen molar-refractivity contribution in [3.63, 3.8) is 0 Å². The molecule has 1 atom stereocenters. The largest absolute Gasteiger partial charge is 0.373 e. The summed E-state index contributed by atoms with van der Waals surface area (Å²) in [5.41, 5.74) is 3.04. The molecule has 0 bridgehead atoms. The Morgan fingerprint density at radius 3 is 2.53 bits per heavy atom. The predicted molar refractivity (Wildman–Crippen MR) is 122 cm³/mol. The van der Waals surface area contributed by atoms with Gasteiger partial charge in [-0.2, -0.15) is 0 Å². The lowest BCUT2D eigenvalue weighted by Crippen LogP contribution is -2.24. The molecule has 3 aromatic rings. The number of amides is 1. The van der Waals surface area contributed by atoms with Crippen LogP contribution in [-0.4, -0.2) is 46.3 Å². The summed E-state index contributed by atoms with van der Waals surface area (Å²) in [6, 6.07) is 18.5. The van der Waals surface area contributed by atoms with Crippen LogP contribution in [0.2, 0.25) is 0 Å². The SMILES string of the molecule is CNc1cc([C@H]2CC(=O)N(Cc3ccccc3)C2)nc(CN(C)Cc2ccc(F)cc2)n1. The van der Waals surface area contributed by atoms with E-state index in [0.717, 1.165) is 22.6 Å². The highest BCUT2D eigenvalue weighted by atomic mass is 19.1. The van der Waals surface area contributed by atoms with E-state index in [1.807, 2.05) is 55.4 Å². The number of carbonyl (C=O) groups is 1. The number of nitrogens with one attached hydrogen (secondary N) is 1. The van der Waals surface area contributed by atoms with E-state index in [4.69, 9.17) is 4.98 Å². The summed E-state index contributed by atoms with van der Waals surface area (Å²) in [5.74, 6) is 1.40. The second-order valence-corrected chi connectivity index (χ2v) is 8.30. The van der Waals surface area contributed by atoms with Crippen LogP contribution in [0.5, 0.6) is 0 Å². The lowest BCUT2D eigenvalue weighted by molar-refractivity contribution is -0.128. The van der Waals surface area contributed by atoms with Crippen molar-refractivity contribution in [3.8, 4) is 0 Å². The van der Waals surface area contributed by atoms with Crippen molar-refractivity contribution < 1.29 is 9.18 Å². The minimum atomic E-state index is -0.237. The average molecular weight is 434 g/mol. The number of anilines is 1. The Kier molecular flexibility index (Phi) is 6.75. The van der Waals surface area contributed by atoms with Crippen molar-refractivity contribution in [2.45, 2.75) is 32.0 Å². The Hall–Kier alpha value is -3.32. The number of aromatic nitrogens is 2. The van der Waals surface area contributed by atoms with Gasteiger partial charge in [0.15, 0.2) is 0 Å². The van der Waals surface area contributed by atoms with Crippen LogP contribution in [0.3, 0.4) is 0 Å². The van der Waals surface area contributed by atoms with Gasteiger partial charge < -0.3 is 10.2 Å². The summed E-state index contributed by atoms with van der Waals surface area (Å²) in [7, 11) is 3.82. The fourth-order valence-corrected chi connectivity index (χ4v) is 4.05. The lowest BCUT2D eigenvalue weighted by Gasteiger charge is -2.19. The van der Waals surface area contributed by atoms with Crippen LogP contribution in [0, 0.1) is 5.82 Å². The van der Waals surface area contributed by atoms with Gasteiger partial charge in [0, 0.05) is 45.1 Å². The molecule has 4 rings (SSSR count). The fraction of sp³-hybridized carbons (Fsp3) is 0.320. The lowest BCUT2D eigenvalue weighted by atomic mass is 10.0. The van der Waals surface area contributed by atoms with Crippen LogP contribution in [0.4, 0.5) is 10.2 Å². The van der Waals surface area contributed by atoms with Crippen LogP contribution in [0.1, 0.15) is 35.0 Å².